The standard InChI is InChI=1S/C14H17BrN4O/c1-2-12(16)13(9-4-3-5-11(15)6-9)19-8-10(7-18-19)14(17)20/h3-8,12-13H,2,16H2,1H3,(H2,17,20). The number of carbonyl (C=O) groups excluding carboxylic acids is 1. The van der Waals surface area contributed by atoms with Crippen LogP contribution >= 0.6 is 15.9 Å². The lowest BCUT2D eigenvalue weighted by Gasteiger charge is -2.24. The molecule has 0 aliphatic heterocycles. The van der Waals surface area contributed by atoms with Gasteiger partial charge in [0.2, 0.25) is 0 Å². The van der Waals surface area contributed by atoms with E-state index in [9.17, 15) is 4.79 Å². The highest BCUT2D eigenvalue weighted by Crippen LogP contribution is 2.25. The quantitative estimate of drug-likeness (QED) is 0.876. The third-order valence-corrected chi connectivity index (χ3v) is 3.73. The normalized spacial score (nSPS) is 13.9. The lowest BCUT2D eigenvalue weighted by atomic mass is 9.98. The molecule has 1 amide bonds. The number of primary amides is 1. The van der Waals surface area contributed by atoms with Crippen LogP contribution in [0.3, 0.4) is 0 Å². The number of carbonyl (C=O) groups is 1. The third kappa shape index (κ3) is 3.08. The van der Waals surface area contributed by atoms with Gasteiger partial charge in [-0.2, -0.15) is 5.10 Å². The number of rotatable bonds is 5. The van der Waals surface area contributed by atoms with Gasteiger partial charge in [0.15, 0.2) is 0 Å². The van der Waals surface area contributed by atoms with E-state index in [2.05, 4.69) is 21.0 Å². The molecule has 0 fully saturated rings. The number of benzene rings is 1. The lowest BCUT2D eigenvalue weighted by Crippen LogP contribution is -2.33. The summed E-state index contributed by atoms with van der Waals surface area (Å²) in [6.07, 6.45) is 3.90. The minimum atomic E-state index is -0.491. The summed E-state index contributed by atoms with van der Waals surface area (Å²) in [6.45, 7) is 2.02. The zero-order valence-electron chi connectivity index (χ0n) is 11.2. The van der Waals surface area contributed by atoms with Gasteiger partial charge in [-0.15, -0.1) is 0 Å². The fourth-order valence-electron chi connectivity index (χ4n) is 2.13. The topological polar surface area (TPSA) is 86.9 Å². The molecule has 2 rings (SSSR count). The van der Waals surface area contributed by atoms with E-state index in [0.29, 0.717) is 5.56 Å². The van der Waals surface area contributed by atoms with Crippen LogP contribution in [-0.2, 0) is 0 Å². The molecule has 0 saturated carbocycles. The van der Waals surface area contributed by atoms with Crippen molar-refractivity contribution in [3.63, 3.8) is 0 Å². The van der Waals surface area contributed by atoms with Crippen molar-refractivity contribution < 1.29 is 4.79 Å². The molecule has 20 heavy (non-hydrogen) atoms. The largest absolute Gasteiger partial charge is 0.366 e. The summed E-state index contributed by atoms with van der Waals surface area (Å²) in [5.41, 5.74) is 12.9. The van der Waals surface area contributed by atoms with Crippen molar-refractivity contribution in [3.8, 4) is 0 Å². The molecule has 0 bridgehead atoms. The first-order chi connectivity index (χ1) is 9.52. The molecule has 4 N–H and O–H groups in total. The van der Waals surface area contributed by atoms with E-state index in [4.69, 9.17) is 11.5 Å². The Morgan fingerprint density at radius 1 is 1.50 bits per heavy atom. The molecule has 1 aromatic heterocycles. The van der Waals surface area contributed by atoms with Gasteiger partial charge in [-0.3, -0.25) is 9.48 Å². The molecule has 1 aromatic carbocycles. The molecule has 0 saturated heterocycles. The van der Waals surface area contributed by atoms with Gasteiger partial charge in [0.05, 0.1) is 17.8 Å². The van der Waals surface area contributed by atoms with Gasteiger partial charge in [0.25, 0.3) is 5.91 Å². The van der Waals surface area contributed by atoms with Crippen LogP contribution < -0.4 is 11.5 Å². The van der Waals surface area contributed by atoms with E-state index in [-0.39, 0.29) is 12.1 Å². The molecule has 106 valence electrons. The Bertz CT molecular complexity index is 611. The van der Waals surface area contributed by atoms with E-state index < -0.39 is 5.91 Å². The van der Waals surface area contributed by atoms with Crippen LogP contribution in [0.15, 0.2) is 41.1 Å². The minimum absolute atomic E-state index is 0.107. The number of nitrogens with two attached hydrogens (primary N) is 2. The number of hydrogen-bond acceptors (Lipinski definition) is 3. The van der Waals surface area contributed by atoms with Crippen molar-refractivity contribution in [2.45, 2.75) is 25.4 Å². The average molecular weight is 337 g/mol. The molecule has 2 aromatic rings. The predicted octanol–water partition coefficient (Wildman–Crippen LogP) is 2.07. The number of hydrogen-bond donors (Lipinski definition) is 2. The van der Waals surface area contributed by atoms with Crippen LogP contribution in [0.2, 0.25) is 0 Å². The summed E-state index contributed by atoms with van der Waals surface area (Å²) < 4.78 is 2.68. The maximum atomic E-state index is 11.2. The molecule has 5 nitrogen and oxygen atoms in total. The molecule has 0 spiro atoms. The first kappa shape index (κ1) is 14.7. The van der Waals surface area contributed by atoms with Gasteiger partial charge >= 0.3 is 0 Å². The van der Waals surface area contributed by atoms with E-state index in [1.54, 1.807) is 10.9 Å². The van der Waals surface area contributed by atoms with E-state index in [1.807, 2.05) is 31.2 Å². The molecule has 0 aliphatic rings. The van der Waals surface area contributed by atoms with Crippen molar-refractivity contribution in [1.29, 1.82) is 0 Å². The number of nitrogens with zero attached hydrogens (tertiary/aromatic N) is 2. The molecule has 2 atom stereocenters. The summed E-state index contributed by atoms with van der Waals surface area (Å²) in [4.78, 5) is 11.2. The van der Waals surface area contributed by atoms with Gasteiger partial charge < -0.3 is 11.5 Å². The Hall–Kier alpha value is -1.66. The third-order valence-electron chi connectivity index (χ3n) is 3.24. The molecular weight excluding hydrogens is 320 g/mol. The van der Waals surface area contributed by atoms with Crippen molar-refractivity contribution in [1.82, 2.24) is 9.78 Å². The monoisotopic (exact) mass is 336 g/mol. The second kappa shape index (κ2) is 6.19. The average Bonchev–Trinajstić information content (AvgIpc) is 2.88. The fourth-order valence-corrected chi connectivity index (χ4v) is 2.54. The molecule has 0 radical (unpaired) electrons. The Labute approximate surface area is 126 Å². The van der Waals surface area contributed by atoms with E-state index in [0.717, 1.165) is 16.5 Å². The molecular formula is C14H17BrN4O. The fraction of sp³-hybridized carbons (Fsp3) is 0.286. The van der Waals surface area contributed by atoms with Gasteiger partial charge in [0.1, 0.15) is 0 Å². The van der Waals surface area contributed by atoms with Gasteiger partial charge in [0, 0.05) is 16.7 Å². The van der Waals surface area contributed by atoms with Crippen LogP contribution in [0.25, 0.3) is 0 Å². The molecule has 0 aliphatic carbocycles. The zero-order valence-corrected chi connectivity index (χ0v) is 12.7. The highest BCUT2D eigenvalue weighted by molar-refractivity contribution is 9.10. The first-order valence-corrected chi connectivity index (χ1v) is 7.17. The molecule has 1 heterocycles. The predicted molar refractivity (Wildman–Crippen MR) is 81.3 cm³/mol. The Morgan fingerprint density at radius 3 is 2.80 bits per heavy atom. The molecule has 6 heteroatoms. The van der Waals surface area contributed by atoms with Gasteiger partial charge in [-0.05, 0) is 24.1 Å². The Morgan fingerprint density at radius 2 is 2.25 bits per heavy atom. The van der Waals surface area contributed by atoms with Crippen molar-refractivity contribution in [3.05, 3.63) is 52.3 Å². The van der Waals surface area contributed by atoms with Gasteiger partial charge in [-0.1, -0.05) is 35.0 Å². The number of aromatic nitrogens is 2. The van der Waals surface area contributed by atoms with Crippen LogP contribution in [0.1, 0.15) is 35.3 Å². The number of amides is 1. The number of halogens is 1. The lowest BCUT2D eigenvalue weighted by molar-refractivity contribution is 0.1000. The van der Waals surface area contributed by atoms with Crippen LogP contribution in [0.5, 0.6) is 0 Å². The summed E-state index contributed by atoms with van der Waals surface area (Å²) in [5, 5.41) is 4.23. The zero-order chi connectivity index (χ0) is 14.7. The molecule has 2 unspecified atom stereocenters. The van der Waals surface area contributed by atoms with Gasteiger partial charge in [-0.25, -0.2) is 0 Å². The van der Waals surface area contributed by atoms with E-state index in [1.165, 1.54) is 6.20 Å². The van der Waals surface area contributed by atoms with Crippen LogP contribution in [0.4, 0.5) is 0 Å². The Kier molecular flexibility index (Phi) is 4.57. The van der Waals surface area contributed by atoms with E-state index >= 15 is 0 Å². The second-order valence-corrected chi connectivity index (χ2v) is 5.56. The smallest absolute Gasteiger partial charge is 0.251 e. The first-order valence-electron chi connectivity index (χ1n) is 6.38. The summed E-state index contributed by atoms with van der Waals surface area (Å²) in [6, 6.07) is 7.67. The maximum absolute atomic E-state index is 11.2. The second-order valence-electron chi connectivity index (χ2n) is 4.65. The highest BCUT2D eigenvalue weighted by Gasteiger charge is 2.22. The van der Waals surface area contributed by atoms with Crippen LogP contribution in [0, 0.1) is 0 Å². The summed E-state index contributed by atoms with van der Waals surface area (Å²) >= 11 is 3.46. The van der Waals surface area contributed by atoms with Crippen LogP contribution in [-0.4, -0.2) is 21.7 Å². The van der Waals surface area contributed by atoms with Crippen molar-refractivity contribution in [2.24, 2.45) is 11.5 Å². The summed E-state index contributed by atoms with van der Waals surface area (Å²) in [7, 11) is 0. The van der Waals surface area contributed by atoms with Crippen molar-refractivity contribution in [2.75, 3.05) is 0 Å². The highest BCUT2D eigenvalue weighted by atomic mass is 79.9. The maximum Gasteiger partial charge on any atom is 0.251 e. The SMILES string of the molecule is CCC(N)C(c1cccc(Br)c1)n1cc(C(N)=O)cn1. The minimum Gasteiger partial charge on any atom is -0.366 e. The summed E-state index contributed by atoms with van der Waals surface area (Å²) in [5.74, 6) is -0.491. The van der Waals surface area contributed by atoms with Crippen molar-refractivity contribution >= 4 is 21.8 Å². The Balaban J connectivity index is 2.44.